The van der Waals surface area contributed by atoms with Gasteiger partial charge in [0.1, 0.15) is 17.7 Å². The van der Waals surface area contributed by atoms with Gasteiger partial charge in [-0.05, 0) is 30.7 Å². The predicted molar refractivity (Wildman–Crippen MR) is 107 cm³/mol. The Hall–Kier alpha value is -2.66. The maximum Gasteiger partial charge on any atom is 0.330 e. The van der Waals surface area contributed by atoms with Gasteiger partial charge in [-0.25, -0.2) is 4.79 Å². The van der Waals surface area contributed by atoms with Crippen LogP contribution < -0.4 is 17.0 Å². The summed E-state index contributed by atoms with van der Waals surface area (Å²) in [5.41, 5.74) is 4.51. The quantitative estimate of drug-likeness (QED) is 0.417. The Morgan fingerprint density at radius 1 is 1.39 bits per heavy atom. The minimum atomic E-state index is -0.746. The lowest BCUT2D eigenvalue weighted by Crippen LogP contribution is -2.36. The average molecular weight is 419 g/mol. The van der Waals surface area contributed by atoms with Crippen LogP contribution in [0.5, 0.6) is 0 Å². The lowest BCUT2D eigenvalue weighted by Gasteiger charge is -2.11. The first-order chi connectivity index (χ1) is 13.5. The maximum atomic E-state index is 12.7. The van der Waals surface area contributed by atoms with Gasteiger partial charge in [-0.1, -0.05) is 17.8 Å². The van der Waals surface area contributed by atoms with Crippen molar-refractivity contribution < 1.29 is 4.79 Å². The molecule has 0 unspecified atom stereocenters. The van der Waals surface area contributed by atoms with Gasteiger partial charge in [-0.3, -0.25) is 19.1 Å². The number of aryl methyl sites for hydroxylation is 2. The highest BCUT2D eigenvalue weighted by molar-refractivity contribution is 7.99. The van der Waals surface area contributed by atoms with Crippen molar-refractivity contribution in [3.63, 3.8) is 0 Å². The first kappa shape index (κ1) is 18.7. The van der Waals surface area contributed by atoms with Crippen LogP contribution in [0.25, 0.3) is 0 Å². The van der Waals surface area contributed by atoms with E-state index in [1.807, 2.05) is 16.0 Å². The van der Waals surface area contributed by atoms with E-state index >= 15 is 0 Å². The molecule has 0 radical (unpaired) electrons. The van der Waals surface area contributed by atoms with Gasteiger partial charge in [0.15, 0.2) is 10.9 Å². The minimum absolute atomic E-state index is 0.0200. The SMILES string of the molecule is Nc1c(C(=O)CSc2nncn2CCc2cccs2)c(=O)[nH]c(=O)n1C1CC1. The van der Waals surface area contributed by atoms with Gasteiger partial charge >= 0.3 is 5.69 Å². The van der Waals surface area contributed by atoms with Crippen molar-refractivity contribution >= 4 is 34.7 Å². The molecule has 1 saturated carbocycles. The Morgan fingerprint density at radius 3 is 2.93 bits per heavy atom. The highest BCUT2D eigenvalue weighted by Crippen LogP contribution is 2.35. The van der Waals surface area contributed by atoms with Crippen LogP contribution in [0.3, 0.4) is 0 Å². The topological polar surface area (TPSA) is 129 Å². The first-order valence-electron chi connectivity index (χ1n) is 8.75. The number of hydrogen-bond donors (Lipinski definition) is 2. The molecule has 4 rings (SSSR count). The van der Waals surface area contributed by atoms with Crippen molar-refractivity contribution in [2.24, 2.45) is 0 Å². The highest BCUT2D eigenvalue weighted by atomic mass is 32.2. The van der Waals surface area contributed by atoms with Gasteiger partial charge < -0.3 is 10.3 Å². The van der Waals surface area contributed by atoms with Gasteiger partial charge in [-0.15, -0.1) is 21.5 Å². The normalized spacial score (nSPS) is 13.7. The molecule has 9 nitrogen and oxygen atoms in total. The van der Waals surface area contributed by atoms with Crippen molar-refractivity contribution in [1.29, 1.82) is 0 Å². The number of aromatic nitrogens is 5. The Labute approximate surface area is 167 Å². The number of ketones is 1. The van der Waals surface area contributed by atoms with E-state index in [4.69, 9.17) is 5.73 Å². The van der Waals surface area contributed by atoms with Gasteiger partial charge in [0.25, 0.3) is 5.56 Å². The molecule has 3 heterocycles. The maximum absolute atomic E-state index is 12.7. The van der Waals surface area contributed by atoms with Crippen LogP contribution in [0.2, 0.25) is 0 Å². The molecule has 146 valence electrons. The number of nitrogen functional groups attached to an aromatic ring is 1. The third-order valence-corrected chi connectivity index (χ3v) is 6.38. The molecule has 0 saturated heterocycles. The van der Waals surface area contributed by atoms with Gasteiger partial charge in [0.2, 0.25) is 0 Å². The van der Waals surface area contributed by atoms with E-state index in [0.717, 1.165) is 19.3 Å². The van der Waals surface area contributed by atoms with Crippen molar-refractivity contribution in [3.8, 4) is 0 Å². The zero-order valence-corrected chi connectivity index (χ0v) is 16.5. The number of rotatable bonds is 8. The van der Waals surface area contributed by atoms with Crippen molar-refractivity contribution in [1.82, 2.24) is 24.3 Å². The first-order valence-corrected chi connectivity index (χ1v) is 10.6. The third kappa shape index (κ3) is 3.80. The molecule has 0 bridgehead atoms. The number of nitrogens with one attached hydrogen (secondary N) is 1. The summed E-state index contributed by atoms with van der Waals surface area (Å²) in [5, 5.41) is 10.6. The lowest BCUT2D eigenvalue weighted by molar-refractivity contribution is 0.102. The zero-order valence-electron chi connectivity index (χ0n) is 14.8. The van der Waals surface area contributed by atoms with Crippen LogP contribution in [-0.4, -0.2) is 35.9 Å². The number of carbonyl (C=O) groups excluding carboxylic acids is 1. The van der Waals surface area contributed by atoms with E-state index in [1.54, 1.807) is 17.7 Å². The summed E-state index contributed by atoms with van der Waals surface area (Å²) in [5.74, 6) is -0.514. The van der Waals surface area contributed by atoms with Crippen molar-refractivity contribution in [2.45, 2.75) is 37.0 Å². The standard InChI is InChI=1S/C17H18N6O3S2/c18-14-13(15(25)20-16(26)23(14)10-3-4-10)12(24)8-28-17-21-19-9-22(17)6-5-11-2-1-7-27-11/h1-2,7,9-10H,3-6,8,18H2,(H,20,25,26). The Kier molecular flexibility index (Phi) is 5.18. The monoisotopic (exact) mass is 418 g/mol. The number of anilines is 1. The molecule has 0 spiro atoms. The van der Waals surface area contributed by atoms with Crippen LogP contribution >= 0.6 is 23.1 Å². The van der Waals surface area contributed by atoms with E-state index in [-0.39, 0.29) is 23.2 Å². The largest absolute Gasteiger partial charge is 0.384 e. The van der Waals surface area contributed by atoms with Gasteiger partial charge in [-0.2, -0.15) is 0 Å². The van der Waals surface area contributed by atoms with Gasteiger partial charge in [0, 0.05) is 17.5 Å². The fourth-order valence-electron chi connectivity index (χ4n) is 2.93. The van der Waals surface area contributed by atoms with E-state index in [9.17, 15) is 14.4 Å². The van der Waals surface area contributed by atoms with E-state index < -0.39 is 17.0 Å². The second-order valence-corrected chi connectivity index (χ2v) is 8.44. The Morgan fingerprint density at radius 2 is 2.21 bits per heavy atom. The molecule has 3 N–H and O–H groups in total. The van der Waals surface area contributed by atoms with Crippen LogP contribution in [0.15, 0.2) is 38.6 Å². The number of thioether (sulfide) groups is 1. The molecule has 1 aliphatic rings. The van der Waals surface area contributed by atoms with E-state index in [1.165, 1.54) is 21.2 Å². The lowest BCUT2D eigenvalue weighted by atomic mass is 10.2. The van der Waals surface area contributed by atoms with Crippen LogP contribution in [0, 0.1) is 0 Å². The Balaban J connectivity index is 1.47. The summed E-state index contributed by atoms with van der Waals surface area (Å²) in [7, 11) is 0. The predicted octanol–water partition coefficient (Wildman–Crippen LogP) is 1.32. The number of hydrogen-bond acceptors (Lipinski definition) is 8. The molecule has 3 aromatic rings. The van der Waals surface area contributed by atoms with Crippen LogP contribution in [-0.2, 0) is 13.0 Å². The molecule has 11 heteroatoms. The fraction of sp³-hybridized carbons (Fsp3) is 0.353. The highest BCUT2D eigenvalue weighted by Gasteiger charge is 2.30. The van der Waals surface area contributed by atoms with E-state index in [0.29, 0.717) is 11.7 Å². The van der Waals surface area contributed by atoms with E-state index in [2.05, 4.69) is 21.2 Å². The molecule has 28 heavy (non-hydrogen) atoms. The second kappa shape index (κ2) is 7.76. The van der Waals surface area contributed by atoms with Crippen LogP contribution in [0.4, 0.5) is 5.82 Å². The van der Waals surface area contributed by atoms with Crippen molar-refractivity contribution in [2.75, 3.05) is 11.5 Å². The molecule has 0 aliphatic heterocycles. The number of nitrogens with two attached hydrogens (primary N) is 1. The summed E-state index contributed by atoms with van der Waals surface area (Å²) in [6.45, 7) is 0.694. The fourth-order valence-corrected chi connectivity index (χ4v) is 4.44. The third-order valence-electron chi connectivity index (χ3n) is 4.46. The number of carbonyl (C=O) groups is 1. The summed E-state index contributed by atoms with van der Waals surface area (Å²) in [6.07, 6.45) is 4.09. The molecule has 0 amide bonds. The van der Waals surface area contributed by atoms with Crippen LogP contribution in [0.1, 0.15) is 34.1 Å². The zero-order chi connectivity index (χ0) is 19.7. The Bertz CT molecular complexity index is 1110. The second-order valence-electron chi connectivity index (χ2n) is 6.47. The summed E-state index contributed by atoms with van der Waals surface area (Å²) in [4.78, 5) is 40.2. The number of H-pyrrole nitrogens is 1. The van der Waals surface area contributed by atoms with Crippen molar-refractivity contribution in [3.05, 3.63) is 55.1 Å². The number of Topliss-reactive ketones (excluding diaryl/α,β-unsaturated/α-hetero) is 1. The molecular weight excluding hydrogens is 400 g/mol. The molecule has 0 aromatic carbocycles. The average Bonchev–Trinajstić information content (AvgIpc) is 3.16. The summed E-state index contributed by atoms with van der Waals surface area (Å²) >= 11 is 2.88. The molecule has 3 aromatic heterocycles. The summed E-state index contributed by atoms with van der Waals surface area (Å²) < 4.78 is 3.18. The smallest absolute Gasteiger partial charge is 0.330 e. The molecular formula is C17H18N6O3S2. The minimum Gasteiger partial charge on any atom is -0.384 e. The summed E-state index contributed by atoms with van der Waals surface area (Å²) in [6, 6.07) is 4.03. The molecule has 1 aliphatic carbocycles. The molecule has 1 fully saturated rings. The number of aromatic amines is 1. The number of thiophene rings is 1. The number of nitrogens with zero attached hydrogens (tertiary/aromatic N) is 4. The van der Waals surface area contributed by atoms with Gasteiger partial charge in [0.05, 0.1) is 5.75 Å². The molecule has 0 atom stereocenters.